The molecule has 1 amide bonds. The van der Waals surface area contributed by atoms with Gasteiger partial charge in [0.25, 0.3) is 0 Å². The fourth-order valence-electron chi connectivity index (χ4n) is 3.34. The third kappa shape index (κ3) is 5.49. The number of halogens is 1. The van der Waals surface area contributed by atoms with E-state index in [9.17, 15) is 4.79 Å². The quantitative estimate of drug-likeness (QED) is 0.391. The second kappa shape index (κ2) is 9.99. The summed E-state index contributed by atoms with van der Waals surface area (Å²) in [6, 6.07) is 6.69. The van der Waals surface area contributed by atoms with Crippen molar-refractivity contribution in [3.05, 3.63) is 29.3 Å². The molecule has 26 heavy (non-hydrogen) atoms. The molecule has 0 saturated carbocycles. The van der Waals surface area contributed by atoms with Crippen LogP contribution in [0.15, 0.2) is 23.2 Å². The normalized spacial score (nSPS) is 19.5. The fraction of sp³-hybridized carbons (Fsp3) is 0.579. The van der Waals surface area contributed by atoms with Crippen LogP contribution in [0.4, 0.5) is 0 Å². The van der Waals surface area contributed by atoms with E-state index in [-0.39, 0.29) is 35.9 Å². The summed E-state index contributed by atoms with van der Waals surface area (Å²) in [4.78, 5) is 18.1. The number of likely N-dealkylation sites (tertiary alicyclic amines) is 1. The SMILES string of the molecule is CCNC(=NCCc1ccc2c(c1)CCO2)NC1CCC(=O)N(C)C1.I. The van der Waals surface area contributed by atoms with Crippen LogP contribution in [-0.4, -0.2) is 56.1 Å². The number of ether oxygens (including phenoxy) is 1. The summed E-state index contributed by atoms with van der Waals surface area (Å²) >= 11 is 0. The molecule has 6 nitrogen and oxygen atoms in total. The number of rotatable bonds is 5. The van der Waals surface area contributed by atoms with Crippen LogP contribution in [-0.2, 0) is 17.6 Å². The molecule has 0 aliphatic carbocycles. The van der Waals surface area contributed by atoms with Crippen LogP contribution in [0, 0.1) is 0 Å². The molecule has 7 heteroatoms. The van der Waals surface area contributed by atoms with Crippen LogP contribution < -0.4 is 15.4 Å². The van der Waals surface area contributed by atoms with Gasteiger partial charge in [0.2, 0.25) is 5.91 Å². The number of guanidine groups is 1. The van der Waals surface area contributed by atoms with Crippen LogP contribution in [0.5, 0.6) is 5.75 Å². The maximum atomic E-state index is 11.6. The van der Waals surface area contributed by atoms with E-state index in [0.29, 0.717) is 6.42 Å². The summed E-state index contributed by atoms with van der Waals surface area (Å²) in [6.07, 6.45) is 3.38. The Morgan fingerprint density at radius 3 is 3.00 bits per heavy atom. The number of piperidine rings is 1. The highest BCUT2D eigenvalue weighted by molar-refractivity contribution is 14.0. The maximum absolute atomic E-state index is 11.6. The average Bonchev–Trinajstić information content (AvgIpc) is 3.06. The topological polar surface area (TPSA) is 66.0 Å². The predicted octanol–water partition coefficient (Wildman–Crippen LogP) is 1.96. The van der Waals surface area contributed by atoms with Crippen LogP contribution in [0.1, 0.15) is 30.9 Å². The van der Waals surface area contributed by atoms with E-state index >= 15 is 0 Å². The Balaban J connectivity index is 0.00000243. The summed E-state index contributed by atoms with van der Waals surface area (Å²) < 4.78 is 5.55. The minimum absolute atomic E-state index is 0. The lowest BCUT2D eigenvalue weighted by Gasteiger charge is -2.31. The lowest BCUT2D eigenvalue weighted by Crippen LogP contribution is -2.51. The minimum atomic E-state index is 0. The monoisotopic (exact) mass is 472 g/mol. The Morgan fingerprint density at radius 2 is 2.23 bits per heavy atom. The summed E-state index contributed by atoms with van der Waals surface area (Å²) in [5.74, 6) is 2.08. The molecule has 1 fully saturated rings. The van der Waals surface area contributed by atoms with Gasteiger partial charge in [-0.25, -0.2) is 0 Å². The van der Waals surface area contributed by atoms with E-state index in [2.05, 4.69) is 35.8 Å². The third-order valence-corrected chi connectivity index (χ3v) is 4.74. The number of hydrogen-bond donors (Lipinski definition) is 2. The maximum Gasteiger partial charge on any atom is 0.222 e. The van der Waals surface area contributed by atoms with Gasteiger partial charge in [-0.3, -0.25) is 9.79 Å². The molecular weight excluding hydrogens is 443 g/mol. The molecule has 2 aliphatic heterocycles. The molecule has 1 aromatic rings. The van der Waals surface area contributed by atoms with Crippen molar-refractivity contribution in [3.8, 4) is 5.75 Å². The number of fused-ring (bicyclic) bond motifs is 1. The van der Waals surface area contributed by atoms with Gasteiger partial charge in [0.05, 0.1) is 6.61 Å². The molecule has 0 spiro atoms. The molecule has 1 atom stereocenters. The molecular formula is C19H29IN4O2. The van der Waals surface area contributed by atoms with Gasteiger partial charge in [-0.15, -0.1) is 24.0 Å². The number of aliphatic imine (C=N–C) groups is 1. The summed E-state index contributed by atoms with van der Waals surface area (Å²) in [6.45, 7) is 5.14. The van der Waals surface area contributed by atoms with E-state index in [1.165, 1.54) is 11.1 Å². The van der Waals surface area contributed by atoms with E-state index in [1.807, 2.05) is 7.05 Å². The smallest absolute Gasteiger partial charge is 0.222 e. The van der Waals surface area contributed by atoms with E-state index in [0.717, 1.165) is 57.2 Å². The standard InChI is InChI=1S/C19H28N4O2.HI/c1-3-20-19(22-16-5-7-18(24)23(2)13-16)21-10-8-14-4-6-17-15(12-14)9-11-25-17;/h4,6,12,16H,3,5,7-11,13H2,1-2H3,(H2,20,21,22);1H. The van der Waals surface area contributed by atoms with Gasteiger partial charge in [0.1, 0.15) is 5.75 Å². The number of amides is 1. The van der Waals surface area contributed by atoms with Crippen molar-refractivity contribution in [2.24, 2.45) is 4.99 Å². The third-order valence-electron chi connectivity index (χ3n) is 4.74. The van der Waals surface area contributed by atoms with Crippen molar-refractivity contribution < 1.29 is 9.53 Å². The highest BCUT2D eigenvalue weighted by atomic mass is 127. The zero-order valence-electron chi connectivity index (χ0n) is 15.6. The highest BCUT2D eigenvalue weighted by Gasteiger charge is 2.23. The van der Waals surface area contributed by atoms with Gasteiger partial charge in [-0.05, 0) is 37.0 Å². The molecule has 2 N–H and O–H groups in total. The second-order valence-corrected chi connectivity index (χ2v) is 6.71. The van der Waals surface area contributed by atoms with Crippen LogP contribution in [0.2, 0.25) is 0 Å². The first kappa shape index (κ1) is 20.8. The Kier molecular flexibility index (Phi) is 7.99. The first-order chi connectivity index (χ1) is 12.2. The van der Waals surface area contributed by atoms with E-state index < -0.39 is 0 Å². The van der Waals surface area contributed by atoms with Crippen LogP contribution >= 0.6 is 24.0 Å². The number of carbonyl (C=O) groups is 1. The van der Waals surface area contributed by atoms with Gasteiger partial charge in [0.15, 0.2) is 5.96 Å². The van der Waals surface area contributed by atoms with Crippen molar-refractivity contribution >= 4 is 35.8 Å². The van der Waals surface area contributed by atoms with Crippen molar-refractivity contribution in [2.45, 2.75) is 38.6 Å². The molecule has 0 aromatic heterocycles. The number of nitrogens with one attached hydrogen (secondary N) is 2. The zero-order valence-corrected chi connectivity index (χ0v) is 17.9. The van der Waals surface area contributed by atoms with Crippen LogP contribution in [0.25, 0.3) is 0 Å². The first-order valence-electron chi connectivity index (χ1n) is 9.19. The number of carbonyl (C=O) groups excluding carboxylic acids is 1. The van der Waals surface area contributed by atoms with E-state index in [4.69, 9.17) is 9.73 Å². The van der Waals surface area contributed by atoms with Gasteiger partial charge in [0, 0.05) is 45.6 Å². The molecule has 2 heterocycles. The Morgan fingerprint density at radius 1 is 1.38 bits per heavy atom. The zero-order chi connectivity index (χ0) is 17.6. The predicted molar refractivity (Wildman–Crippen MR) is 115 cm³/mol. The van der Waals surface area contributed by atoms with Gasteiger partial charge in [-0.1, -0.05) is 12.1 Å². The number of hydrogen-bond acceptors (Lipinski definition) is 3. The first-order valence-corrected chi connectivity index (χ1v) is 9.19. The molecule has 0 radical (unpaired) electrons. The van der Waals surface area contributed by atoms with Gasteiger partial charge in [-0.2, -0.15) is 0 Å². The number of likely N-dealkylation sites (N-methyl/N-ethyl adjacent to an activating group) is 1. The fourth-order valence-corrected chi connectivity index (χ4v) is 3.34. The average molecular weight is 472 g/mol. The Hall–Kier alpha value is -1.51. The number of benzene rings is 1. The van der Waals surface area contributed by atoms with Crippen molar-refractivity contribution in [1.82, 2.24) is 15.5 Å². The number of nitrogens with zero attached hydrogens (tertiary/aromatic N) is 2. The highest BCUT2D eigenvalue weighted by Crippen LogP contribution is 2.25. The largest absolute Gasteiger partial charge is 0.493 e. The lowest BCUT2D eigenvalue weighted by atomic mass is 10.1. The summed E-state index contributed by atoms with van der Waals surface area (Å²) in [7, 11) is 1.86. The molecule has 3 rings (SSSR count). The Labute approximate surface area is 172 Å². The van der Waals surface area contributed by atoms with Crippen LogP contribution in [0.3, 0.4) is 0 Å². The molecule has 0 bridgehead atoms. The molecule has 1 aromatic carbocycles. The minimum Gasteiger partial charge on any atom is -0.493 e. The molecule has 1 saturated heterocycles. The Bertz CT molecular complexity index is 650. The van der Waals surface area contributed by atoms with Gasteiger partial charge >= 0.3 is 0 Å². The molecule has 1 unspecified atom stereocenters. The summed E-state index contributed by atoms with van der Waals surface area (Å²) in [5, 5.41) is 6.76. The van der Waals surface area contributed by atoms with Crippen molar-refractivity contribution in [1.29, 1.82) is 0 Å². The van der Waals surface area contributed by atoms with Gasteiger partial charge < -0.3 is 20.3 Å². The van der Waals surface area contributed by atoms with Crippen molar-refractivity contribution in [2.75, 3.05) is 33.3 Å². The second-order valence-electron chi connectivity index (χ2n) is 6.71. The molecule has 144 valence electrons. The van der Waals surface area contributed by atoms with E-state index in [1.54, 1.807) is 4.90 Å². The lowest BCUT2D eigenvalue weighted by molar-refractivity contribution is -0.132. The summed E-state index contributed by atoms with van der Waals surface area (Å²) in [5.41, 5.74) is 2.60. The molecule has 2 aliphatic rings. The van der Waals surface area contributed by atoms with Crippen molar-refractivity contribution in [3.63, 3.8) is 0 Å².